The molecule has 3 aliphatic rings. The standard InChI is InChI=1S/C25H22N6O8S2/c1-39-14-4-2-11(3-5-14)20(33)30-7-6-12(21(30)34)8-13-9-40-23-17(22(35)31(23)18(13)24(36)37)28-19(32)16(29-38)15-10-41-25(26)27-15/h2-5,8,10,17,23,38H,6-7,9H2,1H3,(H2,26,27)(H,28,32)(H,36,37)/t17-,23-/m1/s1. The van der Waals surface area contributed by atoms with E-state index in [9.17, 15) is 34.3 Å². The number of carboxylic acids is 1. The number of hydrogen-bond donors (Lipinski definition) is 4. The van der Waals surface area contributed by atoms with Gasteiger partial charge in [-0.1, -0.05) is 5.16 Å². The van der Waals surface area contributed by atoms with Crippen molar-refractivity contribution in [1.82, 2.24) is 20.1 Å². The number of anilines is 1. The number of rotatable bonds is 7. The van der Waals surface area contributed by atoms with Crippen molar-refractivity contribution < 1.29 is 39.0 Å². The molecule has 0 aliphatic carbocycles. The van der Waals surface area contributed by atoms with E-state index in [-0.39, 0.29) is 46.4 Å². The van der Waals surface area contributed by atoms with E-state index in [2.05, 4.69) is 15.5 Å². The SMILES string of the molecule is COc1ccc(C(=O)N2CCC(=CC3=C(C(=O)O)N4C(=O)[C@@H](NC(=O)C(=NO)c5csc(N)n5)[C@H]4SC3)C2=O)cc1. The fourth-order valence-electron chi connectivity index (χ4n) is 4.61. The molecule has 2 aromatic rings. The van der Waals surface area contributed by atoms with Gasteiger partial charge in [-0.05, 0) is 42.3 Å². The predicted molar refractivity (Wildman–Crippen MR) is 146 cm³/mol. The van der Waals surface area contributed by atoms with E-state index in [0.29, 0.717) is 11.3 Å². The zero-order chi connectivity index (χ0) is 29.4. The van der Waals surface area contributed by atoms with Gasteiger partial charge in [-0.3, -0.25) is 29.0 Å². The Morgan fingerprint density at radius 3 is 2.59 bits per heavy atom. The van der Waals surface area contributed by atoms with E-state index in [4.69, 9.17) is 10.5 Å². The van der Waals surface area contributed by atoms with Crippen LogP contribution in [-0.4, -0.2) is 91.2 Å². The number of β-lactam (4-membered cyclic amide) rings is 1. The third-order valence-electron chi connectivity index (χ3n) is 6.62. The molecular formula is C25H22N6O8S2. The second-order valence-corrected chi connectivity index (χ2v) is 11.0. The van der Waals surface area contributed by atoms with Gasteiger partial charge in [-0.15, -0.1) is 23.1 Å². The van der Waals surface area contributed by atoms with E-state index in [1.807, 2.05) is 0 Å². The number of fused-ring (bicyclic) bond motifs is 1. The number of hydrogen-bond acceptors (Lipinski definition) is 12. The van der Waals surface area contributed by atoms with Crippen molar-refractivity contribution in [3.05, 3.63) is 63.8 Å². The topological polar surface area (TPSA) is 205 Å². The minimum absolute atomic E-state index is 0.0215. The fraction of sp³-hybridized carbons (Fsp3) is 0.240. The molecule has 0 unspecified atom stereocenters. The highest BCUT2D eigenvalue weighted by molar-refractivity contribution is 8.00. The molecule has 5 rings (SSSR count). The number of nitrogens with zero attached hydrogens (tertiary/aromatic N) is 4. The van der Waals surface area contributed by atoms with Gasteiger partial charge in [0.25, 0.3) is 23.6 Å². The molecule has 4 amide bonds. The van der Waals surface area contributed by atoms with Gasteiger partial charge in [-0.25, -0.2) is 9.78 Å². The third-order valence-corrected chi connectivity index (χ3v) is 8.60. The molecule has 0 saturated carbocycles. The Morgan fingerprint density at radius 1 is 1.24 bits per heavy atom. The van der Waals surface area contributed by atoms with Gasteiger partial charge < -0.3 is 26.1 Å². The first-order chi connectivity index (χ1) is 19.6. The second kappa shape index (κ2) is 11.1. The van der Waals surface area contributed by atoms with Gasteiger partial charge in [0, 0.05) is 28.8 Å². The molecule has 3 aliphatic heterocycles. The van der Waals surface area contributed by atoms with Crippen molar-refractivity contribution in [2.24, 2.45) is 5.16 Å². The number of thiazole rings is 1. The number of benzene rings is 1. The Hall–Kier alpha value is -4.70. The lowest BCUT2D eigenvalue weighted by Crippen LogP contribution is -2.71. The molecule has 0 bridgehead atoms. The van der Waals surface area contributed by atoms with Crippen LogP contribution in [0.25, 0.3) is 0 Å². The average Bonchev–Trinajstić information content (AvgIpc) is 3.56. The molecule has 41 heavy (non-hydrogen) atoms. The molecule has 5 N–H and O–H groups in total. The first-order valence-corrected chi connectivity index (χ1v) is 13.9. The second-order valence-electron chi connectivity index (χ2n) is 8.97. The summed E-state index contributed by atoms with van der Waals surface area (Å²) in [6.45, 7) is 0.122. The fourth-order valence-corrected chi connectivity index (χ4v) is 6.47. The van der Waals surface area contributed by atoms with Gasteiger partial charge >= 0.3 is 5.97 Å². The van der Waals surface area contributed by atoms with Crippen LogP contribution in [0.4, 0.5) is 5.13 Å². The van der Waals surface area contributed by atoms with E-state index in [1.165, 1.54) is 30.3 Å². The molecule has 212 valence electrons. The average molecular weight is 599 g/mol. The number of aliphatic carboxylic acids is 1. The number of aromatic nitrogens is 1. The molecule has 0 radical (unpaired) electrons. The molecule has 14 nitrogen and oxygen atoms in total. The molecule has 2 fully saturated rings. The van der Waals surface area contributed by atoms with Crippen LogP contribution in [0.3, 0.4) is 0 Å². The summed E-state index contributed by atoms with van der Waals surface area (Å²) in [7, 11) is 1.50. The zero-order valence-electron chi connectivity index (χ0n) is 21.3. The number of amides is 4. The van der Waals surface area contributed by atoms with Crippen LogP contribution in [0.15, 0.2) is 57.7 Å². The van der Waals surface area contributed by atoms with Gasteiger partial charge in [0.15, 0.2) is 10.8 Å². The van der Waals surface area contributed by atoms with E-state index < -0.39 is 46.7 Å². The van der Waals surface area contributed by atoms with Crippen molar-refractivity contribution >= 4 is 63.5 Å². The third kappa shape index (κ3) is 5.02. The Kier molecular flexibility index (Phi) is 7.51. The highest BCUT2D eigenvalue weighted by Gasteiger charge is 2.54. The normalized spacial score (nSPS) is 21.6. The van der Waals surface area contributed by atoms with Gasteiger partial charge in [0.05, 0.1) is 7.11 Å². The Bertz CT molecular complexity index is 1560. The highest BCUT2D eigenvalue weighted by atomic mass is 32.2. The van der Waals surface area contributed by atoms with Gasteiger partial charge in [-0.2, -0.15) is 0 Å². The largest absolute Gasteiger partial charge is 0.497 e. The molecule has 16 heteroatoms. The molecular weight excluding hydrogens is 576 g/mol. The van der Waals surface area contributed by atoms with E-state index in [1.54, 1.807) is 24.3 Å². The number of carbonyl (C=O) groups is 5. The molecule has 2 saturated heterocycles. The number of imide groups is 1. The first kappa shape index (κ1) is 27.9. The number of ether oxygens (including phenoxy) is 1. The number of oxime groups is 1. The van der Waals surface area contributed by atoms with Crippen molar-refractivity contribution in [3.8, 4) is 5.75 Å². The lowest BCUT2D eigenvalue weighted by Gasteiger charge is -2.49. The smallest absolute Gasteiger partial charge is 0.352 e. The predicted octanol–water partition coefficient (Wildman–Crippen LogP) is 0.650. The number of allylic oxidation sites excluding steroid dienone is 1. The summed E-state index contributed by atoms with van der Waals surface area (Å²) in [5.41, 5.74) is 5.60. The van der Waals surface area contributed by atoms with Crippen LogP contribution in [-0.2, 0) is 19.2 Å². The Balaban J connectivity index is 1.32. The first-order valence-electron chi connectivity index (χ1n) is 12.0. The summed E-state index contributed by atoms with van der Waals surface area (Å²) in [4.78, 5) is 69.9. The van der Waals surface area contributed by atoms with Gasteiger partial charge in [0.2, 0.25) is 0 Å². The number of likely N-dealkylation sites (tertiary alicyclic amines) is 1. The number of thioether (sulfide) groups is 1. The number of methoxy groups -OCH3 is 1. The van der Waals surface area contributed by atoms with Gasteiger partial charge in [0.1, 0.15) is 28.6 Å². The maximum absolute atomic E-state index is 13.1. The summed E-state index contributed by atoms with van der Waals surface area (Å²) in [6, 6.07) is 5.22. The molecule has 4 heterocycles. The molecule has 0 spiro atoms. The summed E-state index contributed by atoms with van der Waals surface area (Å²) < 4.78 is 5.09. The van der Waals surface area contributed by atoms with Crippen LogP contribution in [0.1, 0.15) is 22.5 Å². The number of nitrogens with two attached hydrogens (primary N) is 1. The Labute approximate surface area is 240 Å². The zero-order valence-corrected chi connectivity index (χ0v) is 22.9. The van der Waals surface area contributed by atoms with Crippen LogP contribution >= 0.6 is 23.1 Å². The van der Waals surface area contributed by atoms with Crippen LogP contribution in [0.2, 0.25) is 0 Å². The molecule has 2 atom stereocenters. The van der Waals surface area contributed by atoms with E-state index >= 15 is 0 Å². The minimum atomic E-state index is -1.38. The lowest BCUT2D eigenvalue weighted by molar-refractivity contribution is -0.150. The maximum atomic E-state index is 13.1. The van der Waals surface area contributed by atoms with Crippen molar-refractivity contribution in [3.63, 3.8) is 0 Å². The Morgan fingerprint density at radius 2 is 1.98 bits per heavy atom. The summed E-state index contributed by atoms with van der Waals surface area (Å²) in [6.07, 6.45) is 1.63. The van der Waals surface area contributed by atoms with Crippen molar-refractivity contribution in [1.29, 1.82) is 0 Å². The summed E-state index contributed by atoms with van der Waals surface area (Å²) >= 11 is 2.22. The minimum Gasteiger partial charge on any atom is -0.497 e. The monoisotopic (exact) mass is 598 g/mol. The maximum Gasteiger partial charge on any atom is 0.352 e. The van der Waals surface area contributed by atoms with E-state index in [0.717, 1.165) is 21.1 Å². The van der Waals surface area contributed by atoms with Crippen LogP contribution < -0.4 is 15.8 Å². The van der Waals surface area contributed by atoms with Crippen molar-refractivity contribution in [2.75, 3.05) is 25.1 Å². The van der Waals surface area contributed by atoms with Crippen LogP contribution in [0, 0.1) is 0 Å². The number of carbonyl (C=O) groups excluding carboxylic acids is 4. The quantitative estimate of drug-likeness (QED) is 0.0869. The summed E-state index contributed by atoms with van der Waals surface area (Å²) in [5.74, 6) is -3.31. The summed E-state index contributed by atoms with van der Waals surface area (Å²) in [5, 5.41) is 25.5. The number of nitrogen functional groups attached to an aromatic ring is 1. The molecule has 1 aromatic carbocycles. The lowest BCUT2D eigenvalue weighted by atomic mass is 10.0. The molecule has 1 aromatic heterocycles. The van der Waals surface area contributed by atoms with Crippen molar-refractivity contribution in [2.45, 2.75) is 17.8 Å². The number of carboxylic acid groups (broad SMARTS) is 1. The highest BCUT2D eigenvalue weighted by Crippen LogP contribution is 2.41. The number of nitrogens with one attached hydrogen (secondary N) is 1. The van der Waals surface area contributed by atoms with Crippen LogP contribution in [0.5, 0.6) is 5.75 Å².